The van der Waals surface area contributed by atoms with Crippen LogP contribution in [0.2, 0.25) is 0 Å². The second-order valence-electron chi connectivity index (χ2n) is 4.75. The molecule has 1 aromatic carbocycles. The van der Waals surface area contributed by atoms with E-state index < -0.39 is 35.0 Å². The first-order valence-electron chi connectivity index (χ1n) is 6.25. The van der Waals surface area contributed by atoms with Crippen LogP contribution in [0.3, 0.4) is 0 Å². The van der Waals surface area contributed by atoms with Crippen LogP contribution in [0.25, 0.3) is 5.69 Å². The van der Waals surface area contributed by atoms with Gasteiger partial charge in [0.05, 0.1) is 22.4 Å². The number of aromatic nitrogens is 1. The van der Waals surface area contributed by atoms with Crippen LogP contribution in [0, 0.1) is 5.82 Å². The summed E-state index contributed by atoms with van der Waals surface area (Å²) < 4.78 is 14.8. The largest absolute Gasteiger partial charge is 0.478 e. The SMILES string of the molecule is Nc1c2c(cc(=O)n1-c1ccc(C(=O)O)cc1F)C(=O)NC2=O. The van der Waals surface area contributed by atoms with Gasteiger partial charge in [0.1, 0.15) is 11.6 Å². The number of pyridine rings is 1. The second-order valence-corrected chi connectivity index (χ2v) is 4.75. The Bertz CT molecular complexity index is 964. The number of nitrogens with zero attached hydrogens (tertiary/aromatic N) is 1. The molecule has 1 aromatic heterocycles. The van der Waals surface area contributed by atoms with Crippen molar-refractivity contribution in [1.29, 1.82) is 0 Å². The van der Waals surface area contributed by atoms with Gasteiger partial charge in [0.25, 0.3) is 17.4 Å². The summed E-state index contributed by atoms with van der Waals surface area (Å²) >= 11 is 0. The molecule has 3 rings (SSSR count). The van der Waals surface area contributed by atoms with Crippen LogP contribution in [0.15, 0.2) is 29.1 Å². The third-order valence-electron chi connectivity index (χ3n) is 3.39. The molecule has 0 radical (unpaired) electrons. The van der Waals surface area contributed by atoms with Crippen LogP contribution < -0.4 is 16.6 Å². The second kappa shape index (κ2) is 4.77. The number of rotatable bonds is 2. The standard InChI is InChI=1S/C14H8FN3O5/c15-7-3-5(14(22)23)1-2-8(7)18-9(19)4-6-10(11(18)16)13(21)17-12(6)20/h1-4H,16H2,(H,22,23)(H,17,20,21). The molecular weight excluding hydrogens is 309 g/mol. The van der Waals surface area contributed by atoms with Crippen molar-refractivity contribution in [1.82, 2.24) is 9.88 Å². The molecular formula is C14H8FN3O5. The predicted octanol–water partition coefficient (Wildman–Crippen LogP) is 0.141. The van der Waals surface area contributed by atoms with Crippen molar-refractivity contribution in [3.8, 4) is 5.69 Å². The molecule has 4 N–H and O–H groups in total. The number of hydrogen-bond donors (Lipinski definition) is 3. The maximum atomic E-state index is 14.1. The van der Waals surface area contributed by atoms with Gasteiger partial charge in [-0.25, -0.2) is 9.18 Å². The minimum atomic E-state index is -1.34. The summed E-state index contributed by atoms with van der Waals surface area (Å²) in [5, 5.41) is 10.8. The van der Waals surface area contributed by atoms with E-state index in [1.54, 1.807) is 0 Å². The van der Waals surface area contributed by atoms with Gasteiger partial charge in [0, 0.05) is 6.07 Å². The number of amides is 2. The first-order valence-corrected chi connectivity index (χ1v) is 6.25. The Kier molecular flexibility index (Phi) is 2.99. The molecule has 0 saturated heterocycles. The molecule has 9 heteroatoms. The molecule has 1 aliphatic heterocycles. The van der Waals surface area contributed by atoms with Gasteiger partial charge in [-0.05, 0) is 18.2 Å². The highest BCUT2D eigenvalue weighted by Crippen LogP contribution is 2.24. The lowest BCUT2D eigenvalue weighted by Gasteiger charge is -2.12. The molecule has 2 amide bonds. The molecule has 0 spiro atoms. The first kappa shape index (κ1) is 14.4. The molecule has 0 atom stereocenters. The maximum Gasteiger partial charge on any atom is 0.335 e. The van der Waals surface area contributed by atoms with Crippen molar-refractivity contribution in [3.63, 3.8) is 0 Å². The molecule has 0 bridgehead atoms. The number of carboxylic acids is 1. The maximum absolute atomic E-state index is 14.1. The molecule has 0 unspecified atom stereocenters. The van der Waals surface area contributed by atoms with Gasteiger partial charge in [-0.3, -0.25) is 24.3 Å². The van der Waals surface area contributed by atoms with Gasteiger partial charge in [-0.15, -0.1) is 0 Å². The number of nitrogens with two attached hydrogens (primary N) is 1. The molecule has 0 aliphatic carbocycles. The fourth-order valence-corrected chi connectivity index (χ4v) is 2.35. The van der Waals surface area contributed by atoms with Gasteiger partial charge in [-0.1, -0.05) is 0 Å². The van der Waals surface area contributed by atoms with Crippen molar-refractivity contribution in [3.05, 3.63) is 57.1 Å². The summed E-state index contributed by atoms with van der Waals surface area (Å²) in [4.78, 5) is 46.2. The Labute approximate surface area is 127 Å². The zero-order chi connectivity index (χ0) is 16.9. The number of benzene rings is 1. The topological polar surface area (TPSA) is 131 Å². The fraction of sp³-hybridized carbons (Fsp3) is 0. The Hall–Kier alpha value is -3.49. The lowest BCUT2D eigenvalue weighted by Crippen LogP contribution is -2.25. The van der Waals surface area contributed by atoms with Crippen molar-refractivity contribution in [2.75, 3.05) is 5.73 Å². The average Bonchev–Trinajstić information content (AvgIpc) is 2.75. The van der Waals surface area contributed by atoms with Crippen LogP contribution in [0.5, 0.6) is 0 Å². The molecule has 2 aromatic rings. The Morgan fingerprint density at radius 1 is 1.17 bits per heavy atom. The number of fused-ring (bicyclic) bond motifs is 1. The van der Waals surface area contributed by atoms with E-state index in [0.717, 1.165) is 24.3 Å². The third kappa shape index (κ3) is 2.06. The molecule has 23 heavy (non-hydrogen) atoms. The molecule has 0 fully saturated rings. The summed E-state index contributed by atoms with van der Waals surface area (Å²) in [5.74, 6) is -4.31. The van der Waals surface area contributed by atoms with Crippen molar-refractivity contribution < 1.29 is 23.9 Å². The van der Waals surface area contributed by atoms with Gasteiger partial charge in [0.2, 0.25) is 0 Å². The number of aromatic carboxylic acids is 1. The zero-order valence-electron chi connectivity index (χ0n) is 11.3. The Morgan fingerprint density at radius 3 is 2.48 bits per heavy atom. The molecule has 116 valence electrons. The summed E-state index contributed by atoms with van der Waals surface area (Å²) in [6.07, 6.45) is 0. The van der Waals surface area contributed by atoms with Gasteiger partial charge >= 0.3 is 5.97 Å². The lowest BCUT2D eigenvalue weighted by molar-refractivity contribution is 0.0695. The fourth-order valence-electron chi connectivity index (χ4n) is 2.35. The summed E-state index contributed by atoms with van der Waals surface area (Å²) in [7, 11) is 0. The number of carboxylic acid groups (broad SMARTS) is 1. The Morgan fingerprint density at radius 2 is 1.87 bits per heavy atom. The van der Waals surface area contributed by atoms with Crippen LogP contribution in [-0.2, 0) is 0 Å². The van der Waals surface area contributed by atoms with Crippen LogP contribution in [0.1, 0.15) is 31.1 Å². The average molecular weight is 317 g/mol. The summed E-state index contributed by atoms with van der Waals surface area (Å²) in [6, 6.07) is 3.74. The van der Waals surface area contributed by atoms with E-state index in [1.165, 1.54) is 0 Å². The molecule has 1 aliphatic rings. The van der Waals surface area contributed by atoms with E-state index in [2.05, 4.69) is 0 Å². The van der Waals surface area contributed by atoms with E-state index in [-0.39, 0.29) is 22.4 Å². The zero-order valence-corrected chi connectivity index (χ0v) is 11.3. The third-order valence-corrected chi connectivity index (χ3v) is 3.39. The number of hydrogen-bond acceptors (Lipinski definition) is 5. The monoisotopic (exact) mass is 317 g/mol. The van der Waals surface area contributed by atoms with E-state index in [1.807, 2.05) is 5.32 Å². The number of halogens is 1. The smallest absolute Gasteiger partial charge is 0.335 e. The minimum absolute atomic E-state index is 0.184. The quantitative estimate of drug-likeness (QED) is 0.675. The van der Waals surface area contributed by atoms with Crippen molar-refractivity contribution in [2.24, 2.45) is 0 Å². The van der Waals surface area contributed by atoms with Crippen molar-refractivity contribution >= 4 is 23.6 Å². The number of nitrogens with one attached hydrogen (secondary N) is 1. The summed E-state index contributed by atoms with van der Waals surface area (Å²) in [6.45, 7) is 0. The highest BCUT2D eigenvalue weighted by atomic mass is 19.1. The number of anilines is 1. The van der Waals surface area contributed by atoms with E-state index in [9.17, 15) is 23.6 Å². The van der Waals surface area contributed by atoms with Crippen LogP contribution in [0.4, 0.5) is 10.2 Å². The van der Waals surface area contributed by atoms with Gasteiger partial charge in [0.15, 0.2) is 0 Å². The first-order chi connectivity index (χ1) is 10.8. The normalized spacial score (nSPS) is 12.9. The minimum Gasteiger partial charge on any atom is -0.478 e. The van der Waals surface area contributed by atoms with Crippen LogP contribution in [-0.4, -0.2) is 27.5 Å². The van der Waals surface area contributed by atoms with E-state index >= 15 is 0 Å². The van der Waals surface area contributed by atoms with Crippen molar-refractivity contribution in [2.45, 2.75) is 0 Å². The molecule has 8 nitrogen and oxygen atoms in total. The predicted molar refractivity (Wildman–Crippen MR) is 75.2 cm³/mol. The highest BCUT2D eigenvalue weighted by Gasteiger charge is 2.32. The van der Waals surface area contributed by atoms with E-state index in [4.69, 9.17) is 10.8 Å². The highest BCUT2D eigenvalue weighted by molar-refractivity contribution is 6.23. The Balaban J connectivity index is 2.29. The lowest BCUT2D eigenvalue weighted by atomic mass is 10.1. The number of nitrogen functional groups attached to an aromatic ring is 1. The van der Waals surface area contributed by atoms with Gasteiger partial charge < -0.3 is 10.8 Å². The van der Waals surface area contributed by atoms with E-state index in [0.29, 0.717) is 4.57 Å². The molecule has 2 heterocycles. The van der Waals surface area contributed by atoms with Gasteiger partial charge in [-0.2, -0.15) is 0 Å². The molecule has 0 saturated carbocycles. The number of carbonyl (C=O) groups excluding carboxylic acids is 2. The number of imide groups is 1. The summed E-state index contributed by atoms with van der Waals surface area (Å²) in [5.41, 5.74) is 3.88. The van der Waals surface area contributed by atoms with Crippen LogP contribution >= 0.6 is 0 Å². The number of carbonyl (C=O) groups is 3.